The Bertz CT molecular complexity index is 906. The van der Waals surface area contributed by atoms with E-state index in [4.69, 9.17) is 16.3 Å². The molecule has 0 radical (unpaired) electrons. The normalized spacial score (nSPS) is 10.6. The van der Waals surface area contributed by atoms with Crippen molar-refractivity contribution in [2.45, 2.75) is 13.3 Å². The molecular formula is C19H19ClN4O2. The van der Waals surface area contributed by atoms with E-state index in [9.17, 15) is 4.79 Å². The zero-order chi connectivity index (χ0) is 18.5. The van der Waals surface area contributed by atoms with Gasteiger partial charge >= 0.3 is 0 Å². The first-order valence-corrected chi connectivity index (χ1v) is 8.56. The molecule has 0 atom stereocenters. The zero-order valence-corrected chi connectivity index (χ0v) is 15.3. The van der Waals surface area contributed by atoms with Gasteiger partial charge in [0.1, 0.15) is 11.6 Å². The van der Waals surface area contributed by atoms with Crippen molar-refractivity contribution >= 4 is 17.5 Å². The minimum Gasteiger partial charge on any atom is -0.497 e. The lowest BCUT2D eigenvalue weighted by molar-refractivity contribution is 0.0944. The van der Waals surface area contributed by atoms with Crippen LogP contribution in [0.5, 0.6) is 5.75 Å². The second kappa shape index (κ2) is 8.01. The highest BCUT2D eigenvalue weighted by Gasteiger charge is 2.16. The summed E-state index contributed by atoms with van der Waals surface area (Å²) >= 11 is 6.19. The van der Waals surface area contributed by atoms with Gasteiger partial charge < -0.3 is 10.1 Å². The second-order valence-corrected chi connectivity index (χ2v) is 6.11. The van der Waals surface area contributed by atoms with Crippen LogP contribution < -0.4 is 10.1 Å². The van der Waals surface area contributed by atoms with Crippen molar-refractivity contribution in [2.24, 2.45) is 0 Å². The maximum atomic E-state index is 12.3. The number of aryl methyl sites for hydroxylation is 1. The van der Waals surface area contributed by atoms with Crippen LogP contribution in [-0.2, 0) is 6.42 Å². The summed E-state index contributed by atoms with van der Waals surface area (Å²) in [6.45, 7) is 2.27. The molecule has 3 rings (SSSR count). The Balaban J connectivity index is 1.63. The van der Waals surface area contributed by atoms with Gasteiger partial charge in [-0.25, -0.2) is 9.67 Å². The number of amides is 1. The van der Waals surface area contributed by atoms with Crippen LogP contribution in [0.2, 0.25) is 5.02 Å². The molecular weight excluding hydrogens is 352 g/mol. The Kier molecular flexibility index (Phi) is 5.53. The number of benzene rings is 2. The van der Waals surface area contributed by atoms with Crippen molar-refractivity contribution in [1.82, 2.24) is 20.1 Å². The highest BCUT2D eigenvalue weighted by Crippen LogP contribution is 2.20. The van der Waals surface area contributed by atoms with Gasteiger partial charge in [-0.1, -0.05) is 35.9 Å². The molecule has 26 heavy (non-hydrogen) atoms. The van der Waals surface area contributed by atoms with Crippen LogP contribution in [0.1, 0.15) is 22.0 Å². The summed E-state index contributed by atoms with van der Waals surface area (Å²) in [5.74, 6) is 1.21. The van der Waals surface area contributed by atoms with Gasteiger partial charge in [0.15, 0.2) is 0 Å². The van der Waals surface area contributed by atoms with Crippen LogP contribution in [0, 0.1) is 6.92 Å². The Morgan fingerprint density at radius 3 is 2.62 bits per heavy atom. The summed E-state index contributed by atoms with van der Waals surface area (Å²) in [4.78, 5) is 16.6. The summed E-state index contributed by atoms with van der Waals surface area (Å²) in [5, 5.41) is 7.67. The minimum absolute atomic E-state index is 0.122. The molecule has 7 heteroatoms. The Labute approximate surface area is 156 Å². The van der Waals surface area contributed by atoms with Gasteiger partial charge in [-0.15, -0.1) is 5.10 Å². The summed E-state index contributed by atoms with van der Waals surface area (Å²) in [6.07, 6.45) is 0.708. The fraction of sp³-hybridized carbons (Fsp3) is 0.211. The monoisotopic (exact) mass is 370 g/mol. The number of carbonyl (C=O) groups excluding carboxylic acids is 1. The lowest BCUT2D eigenvalue weighted by atomic mass is 10.1. The minimum atomic E-state index is -0.313. The molecule has 0 spiro atoms. The molecule has 0 aliphatic rings. The largest absolute Gasteiger partial charge is 0.497 e. The van der Waals surface area contributed by atoms with Crippen LogP contribution >= 0.6 is 11.6 Å². The number of nitrogens with one attached hydrogen (secondary N) is 1. The summed E-state index contributed by atoms with van der Waals surface area (Å²) in [6, 6.07) is 15.0. The van der Waals surface area contributed by atoms with E-state index in [0.717, 1.165) is 11.3 Å². The van der Waals surface area contributed by atoms with E-state index in [-0.39, 0.29) is 11.7 Å². The molecule has 0 unspecified atom stereocenters. The van der Waals surface area contributed by atoms with Crippen LogP contribution in [0.4, 0.5) is 0 Å². The summed E-state index contributed by atoms with van der Waals surface area (Å²) in [5.41, 5.74) is 1.80. The molecule has 0 aliphatic heterocycles. The van der Waals surface area contributed by atoms with E-state index >= 15 is 0 Å². The van der Waals surface area contributed by atoms with E-state index in [0.29, 0.717) is 29.5 Å². The number of hydrogen-bond donors (Lipinski definition) is 1. The average Bonchev–Trinajstić information content (AvgIpc) is 3.04. The Morgan fingerprint density at radius 1 is 1.19 bits per heavy atom. The van der Waals surface area contributed by atoms with E-state index in [1.54, 1.807) is 24.8 Å². The third kappa shape index (κ3) is 4.03. The standard InChI is InChI=1S/C19H19ClN4O2/c1-13-22-18(23-24(13)17-6-4-3-5-16(17)20)19(25)21-12-11-14-7-9-15(26-2)10-8-14/h3-10H,11-12H2,1-2H3,(H,21,25). The number of halogens is 1. The van der Waals surface area contributed by atoms with Crippen molar-refractivity contribution in [3.63, 3.8) is 0 Å². The lowest BCUT2D eigenvalue weighted by Crippen LogP contribution is -2.26. The quantitative estimate of drug-likeness (QED) is 0.723. The van der Waals surface area contributed by atoms with Gasteiger partial charge in [0.05, 0.1) is 17.8 Å². The van der Waals surface area contributed by atoms with Crippen molar-refractivity contribution in [3.05, 3.63) is 70.8 Å². The van der Waals surface area contributed by atoms with Crippen molar-refractivity contribution in [1.29, 1.82) is 0 Å². The number of rotatable bonds is 6. The van der Waals surface area contributed by atoms with Crippen molar-refractivity contribution in [2.75, 3.05) is 13.7 Å². The molecule has 134 valence electrons. The van der Waals surface area contributed by atoms with Gasteiger partial charge in [-0.3, -0.25) is 4.79 Å². The van der Waals surface area contributed by atoms with Gasteiger partial charge in [0, 0.05) is 6.54 Å². The topological polar surface area (TPSA) is 69.0 Å². The molecule has 6 nitrogen and oxygen atoms in total. The van der Waals surface area contributed by atoms with Crippen LogP contribution in [0.3, 0.4) is 0 Å². The maximum Gasteiger partial charge on any atom is 0.290 e. The van der Waals surface area contributed by atoms with Crippen LogP contribution in [-0.4, -0.2) is 34.3 Å². The van der Waals surface area contributed by atoms with Crippen molar-refractivity contribution < 1.29 is 9.53 Å². The molecule has 1 amide bonds. The van der Waals surface area contributed by atoms with Gasteiger partial charge in [-0.2, -0.15) is 0 Å². The van der Waals surface area contributed by atoms with E-state index in [1.165, 1.54) is 0 Å². The first-order valence-electron chi connectivity index (χ1n) is 8.18. The highest BCUT2D eigenvalue weighted by atomic mass is 35.5. The average molecular weight is 371 g/mol. The smallest absolute Gasteiger partial charge is 0.290 e. The maximum absolute atomic E-state index is 12.3. The number of aromatic nitrogens is 3. The van der Waals surface area contributed by atoms with E-state index < -0.39 is 0 Å². The fourth-order valence-electron chi connectivity index (χ4n) is 2.53. The molecule has 0 saturated carbocycles. The first kappa shape index (κ1) is 17.9. The zero-order valence-electron chi connectivity index (χ0n) is 14.6. The van der Waals surface area contributed by atoms with Crippen molar-refractivity contribution in [3.8, 4) is 11.4 Å². The number of hydrogen-bond acceptors (Lipinski definition) is 4. The first-order chi connectivity index (χ1) is 12.6. The number of para-hydroxylation sites is 1. The second-order valence-electron chi connectivity index (χ2n) is 5.70. The van der Waals surface area contributed by atoms with E-state index in [1.807, 2.05) is 42.5 Å². The Hall–Kier alpha value is -2.86. The lowest BCUT2D eigenvalue weighted by Gasteiger charge is -2.05. The van der Waals surface area contributed by atoms with Gasteiger partial charge in [0.2, 0.25) is 5.82 Å². The third-order valence-corrected chi connectivity index (χ3v) is 4.23. The third-order valence-electron chi connectivity index (χ3n) is 3.91. The molecule has 1 N–H and O–H groups in total. The molecule has 2 aromatic carbocycles. The van der Waals surface area contributed by atoms with Gasteiger partial charge in [0.25, 0.3) is 5.91 Å². The Morgan fingerprint density at radius 2 is 1.92 bits per heavy atom. The molecule has 0 aliphatic carbocycles. The van der Waals surface area contributed by atoms with E-state index in [2.05, 4.69) is 15.4 Å². The molecule has 3 aromatic rings. The van der Waals surface area contributed by atoms with Crippen LogP contribution in [0.25, 0.3) is 5.69 Å². The molecule has 0 saturated heterocycles. The van der Waals surface area contributed by atoms with Crippen LogP contribution in [0.15, 0.2) is 48.5 Å². The number of carbonyl (C=O) groups is 1. The molecule has 1 heterocycles. The number of ether oxygens (including phenoxy) is 1. The number of nitrogens with zero attached hydrogens (tertiary/aromatic N) is 3. The number of methoxy groups -OCH3 is 1. The predicted molar refractivity (Wildman–Crippen MR) is 100 cm³/mol. The molecule has 0 fully saturated rings. The summed E-state index contributed by atoms with van der Waals surface area (Å²) < 4.78 is 6.70. The SMILES string of the molecule is COc1ccc(CCNC(=O)c2nc(C)n(-c3ccccc3Cl)n2)cc1. The molecule has 1 aromatic heterocycles. The van der Waals surface area contributed by atoms with Gasteiger partial charge in [-0.05, 0) is 43.2 Å². The predicted octanol–water partition coefficient (Wildman–Crippen LogP) is 3.21. The fourth-order valence-corrected chi connectivity index (χ4v) is 2.75. The molecule has 0 bridgehead atoms. The highest BCUT2D eigenvalue weighted by molar-refractivity contribution is 6.32. The summed E-state index contributed by atoms with van der Waals surface area (Å²) in [7, 11) is 1.63.